The number of guanidine groups is 1. The maximum atomic E-state index is 5.67. The number of aliphatic imine (C=N–C) groups is 1. The maximum absolute atomic E-state index is 5.67. The third-order valence-corrected chi connectivity index (χ3v) is 6.61. The predicted molar refractivity (Wildman–Crippen MR) is 139 cm³/mol. The zero-order chi connectivity index (χ0) is 21.1. The summed E-state index contributed by atoms with van der Waals surface area (Å²) >= 11 is 0. The number of methoxy groups -OCH3 is 1. The fourth-order valence-electron chi connectivity index (χ4n) is 4.62. The van der Waals surface area contributed by atoms with E-state index in [4.69, 9.17) is 9.47 Å². The van der Waals surface area contributed by atoms with Gasteiger partial charge in [0.05, 0.1) is 7.11 Å². The van der Waals surface area contributed by atoms with E-state index in [1.165, 1.54) is 50.9 Å². The van der Waals surface area contributed by atoms with E-state index in [2.05, 4.69) is 44.8 Å². The Morgan fingerprint density at radius 1 is 1.06 bits per heavy atom. The van der Waals surface area contributed by atoms with Crippen LogP contribution in [0, 0.1) is 0 Å². The number of nitrogens with one attached hydrogen (secondary N) is 2. The zero-order valence-electron chi connectivity index (χ0n) is 19.3. The van der Waals surface area contributed by atoms with Gasteiger partial charge in [0.2, 0.25) is 0 Å². The summed E-state index contributed by atoms with van der Waals surface area (Å²) in [6.45, 7) is 7.12. The number of nitrogens with zero attached hydrogens (tertiary/aromatic N) is 2. The first-order valence-corrected chi connectivity index (χ1v) is 11.6. The lowest BCUT2D eigenvalue weighted by atomic mass is 9.74. The Kier molecular flexibility index (Phi) is 12.0. The molecular weight excluding hydrogens is 503 g/mol. The van der Waals surface area contributed by atoms with E-state index in [0.717, 1.165) is 57.3 Å². The highest BCUT2D eigenvalue weighted by atomic mass is 127. The van der Waals surface area contributed by atoms with E-state index in [0.29, 0.717) is 0 Å². The van der Waals surface area contributed by atoms with Gasteiger partial charge in [-0.05, 0) is 69.4 Å². The van der Waals surface area contributed by atoms with Crippen LogP contribution in [0.2, 0.25) is 0 Å². The minimum atomic E-state index is 0. The molecule has 1 aromatic rings. The van der Waals surface area contributed by atoms with Gasteiger partial charge in [-0.1, -0.05) is 25.0 Å². The smallest absolute Gasteiger partial charge is 0.191 e. The van der Waals surface area contributed by atoms with Crippen molar-refractivity contribution in [2.45, 2.75) is 50.4 Å². The Labute approximate surface area is 205 Å². The summed E-state index contributed by atoms with van der Waals surface area (Å²) in [5, 5.41) is 7.11. The van der Waals surface area contributed by atoms with Gasteiger partial charge in [-0.2, -0.15) is 0 Å². The van der Waals surface area contributed by atoms with Gasteiger partial charge in [-0.3, -0.25) is 4.99 Å². The van der Waals surface area contributed by atoms with Crippen LogP contribution in [0.3, 0.4) is 0 Å². The Balaban J connectivity index is 0.00000341. The summed E-state index contributed by atoms with van der Waals surface area (Å²) < 4.78 is 11.0. The molecule has 6 nitrogen and oxygen atoms in total. The number of rotatable bonds is 8. The van der Waals surface area contributed by atoms with Crippen molar-refractivity contribution in [3.05, 3.63) is 29.8 Å². The number of ether oxygens (including phenoxy) is 2. The number of likely N-dealkylation sites (tertiary alicyclic amines) is 1. The summed E-state index contributed by atoms with van der Waals surface area (Å²) in [5.74, 6) is 1.79. The molecule has 2 heterocycles. The van der Waals surface area contributed by atoms with Gasteiger partial charge in [-0.15, -0.1) is 24.0 Å². The Bertz CT molecular complexity index is 639. The molecule has 0 amide bonds. The second-order valence-corrected chi connectivity index (χ2v) is 8.58. The van der Waals surface area contributed by atoms with Crippen LogP contribution in [0.25, 0.3) is 0 Å². The lowest BCUT2D eigenvalue weighted by molar-refractivity contribution is 0.0513. The topological polar surface area (TPSA) is 58.1 Å². The molecule has 0 bridgehead atoms. The van der Waals surface area contributed by atoms with Crippen molar-refractivity contribution in [1.82, 2.24) is 15.5 Å². The van der Waals surface area contributed by atoms with Gasteiger partial charge >= 0.3 is 0 Å². The maximum Gasteiger partial charge on any atom is 0.191 e. The van der Waals surface area contributed by atoms with E-state index in [-0.39, 0.29) is 29.4 Å². The van der Waals surface area contributed by atoms with Gasteiger partial charge in [-0.25, -0.2) is 0 Å². The Morgan fingerprint density at radius 3 is 2.35 bits per heavy atom. The van der Waals surface area contributed by atoms with Crippen molar-refractivity contribution in [2.75, 3.05) is 60.1 Å². The molecule has 2 aliphatic heterocycles. The second kappa shape index (κ2) is 14.2. The molecule has 0 atom stereocenters. The fourth-order valence-corrected chi connectivity index (χ4v) is 4.62. The molecule has 2 saturated heterocycles. The molecule has 0 unspecified atom stereocenters. The van der Waals surface area contributed by atoms with Crippen molar-refractivity contribution >= 4 is 29.9 Å². The molecule has 2 fully saturated rings. The third kappa shape index (κ3) is 8.09. The molecule has 0 saturated carbocycles. The zero-order valence-corrected chi connectivity index (χ0v) is 21.7. The first kappa shape index (κ1) is 26.2. The van der Waals surface area contributed by atoms with Crippen molar-refractivity contribution in [3.8, 4) is 5.75 Å². The summed E-state index contributed by atoms with van der Waals surface area (Å²) in [5.41, 5.74) is 1.41. The van der Waals surface area contributed by atoms with Gasteiger partial charge in [0.1, 0.15) is 5.75 Å². The summed E-state index contributed by atoms with van der Waals surface area (Å²) in [4.78, 5) is 7.07. The van der Waals surface area contributed by atoms with E-state index in [1.54, 1.807) is 7.11 Å². The van der Waals surface area contributed by atoms with E-state index in [1.807, 2.05) is 7.05 Å². The Morgan fingerprint density at radius 2 is 1.74 bits per heavy atom. The standard InChI is InChI=1S/C24H40N4O2.HI/c1-25-23(26-14-7-17-28-15-5-3-4-6-16-28)27-20-24(12-18-30-19-13-24)21-8-10-22(29-2)11-9-21;/h8-11H,3-7,12-20H2,1-2H3,(H2,25,26,27);1H. The van der Waals surface area contributed by atoms with Crippen LogP contribution in [0.4, 0.5) is 0 Å². The van der Waals surface area contributed by atoms with Crippen LogP contribution in [-0.2, 0) is 10.2 Å². The number of halogens is 1. The lowest BCUT2D eigenvalue weighted by Gasteiger charge is -2.38. The first-order valence-electron chi connectivity index (χ1n) is 11.6. The molecule has 0 aromatic heterocycles. The van der Waals surface area contributed by atoms with Crippen LogP contribution in [0.15, 0.2) is 29.3 Å². The van der Waals surface area contributed by atoms with Crippen LogP contribution >= 0.6 is 24.0 Å². The highest BCUT2D eigenvalue weighted by molar-refractivity contribution is 14.0. The van der Waals surface area contributed by atoms with Gasteiger partial charge in [0, 0.05) is 38.8 Å². The highest BCUT2D eigenvalue weighted by Gasteiger charge is 2.34. The molecule has 0 radical (unpaired) electrons. The average molecular weight is 545 g/mol. The monoisotopic (exact) mass is 544 g/mol. The number of benzene rings is 1. The number of hydrogen-bond donors (Lipinski definition) is 2. The summed E-state index contributed by atoms with van der Waals surface area (Å²) in [6.07, 6.45) is 8.68. The van der Waals surface area contributed by atoms with Crippen molar-refractivity contribution < 1.29 is 9.47 Å². The second-order valence-electron chi connectivity index (χ2n) is 8.58. The molecule has 1 aromatic carbocycles. The molecule has 2 aliphatic rings. The summed E-state index contributed by atoms with van der Waals surface area (Å²) in [6, 6.07) is 8.51. The molecule has 0 aliphatic carbocycles. The van der Waals surface area contributed by atoms with Crippen LogP contribution in [-0.4, -0.2) is 71.0 Å². The summed E-state index contributed by atoms with van der Waals surface area (Å²) in [7, 11) is 3.57. The average Bonchev–Trinajstić information content (AvgIpc) is 3.08. The minimum absolute atomic E-state index is 0. The molecule has 7 heteroatoms. The fraction of sp³-hybridized carbons (Fsp3) is 0.708. The third-order valence-electron chi connectivity index (χ3n) is 6.61. The molecular formula is C24H41IN4O2. The largest absolute Gasteiger partial charge is 0.497 e. The normalized spacial score (nSPS) is 19.7. The molecule has 0 spiro atoms. The van der Waals surface area contributed by atoms with Gasteiger partial charge in [0.25, 0.3) is 0 Å². The van der Waals surface area contributed by atoms with E-state index >= 15 is 0 Å². The first-order chi connectivity index (χ1) is 14.8. The lowest BCUT2D eigenvalue weighted by Crippen LogP contribution is -2.48. The predicted octanol–water partition coefficient (Wildman–Crippen LogP) is 3.79. The molecule has 31 heavy (non-hydrogen) atoms. The van der Waals surface area contributed by atoms with Gasteiger partial charge < -0.3 is 25.0 Å². The van der Waals surface area contributed by atoms with Crippen LogP contribution < -0.4 is 15.4 Å². The van der Waals surface area contributed by atoms with E-state index < -0.39 is 0 Å². The quantitative estimate of drug-likeness (QED) is 0.226. The SMILES string of the molecule is CN=C(NCCCN1CCCCCC1)NCC1(c2ccc(OC)cc2)CCOCC1.I. The van der Waals surface area contributed by atoms with Crippen LogP contribution in [0.1, 0.15) is 50.5 Å². The molecule has 3 rings (SSSR count). The Hall–Kier alpha value is -1.06. The van der Waals surface area contributed by atoms with Crippen molar-refractivity contribution in [1.29, 1.82) is 0 Å². The van der Waals surface area contributed by atoms with Crippen molar-refractivity contribution in [3.63, 3.8) is 0 Å². The minimum Gasteiger partial charge on any atom is -0.497 e. The van der Waals surface area contributed by atoms with E-state index in [9.17, 15) is 0 Å². The molecule has 2 N–H and O–H groups in total. The number of hydrogen-bond acceptors (Lipinski definition) is 4. The van der Waals surface area contributed by atoms with Gasteiger partial charge in [0.15, 0.2) is 5.96 Å². The highest BCUT2D eigenvalue weighted by Crippen LogP contribution is 2.35. The van der Waals surface area contributed by atoms with Crippen molar-refractivity contribution in [2.24, 2.45) is 4.99 Å². The molecule has 176 valence electrons. The van der Waals surface area contributed by atoms with Crippen LogP contribution in [0.5, 0.6) is 5.75 Å².